The second-order valence-electron chi connectivity index (χ2n) is 21.0. The number of piperidine rings is 3. The van der Waals surface area contributed by atoms with Gasteiger partial charge in [-0.05, 0) is 113 Å². The summed E-state index contributed by atoms with van der Waals surface area (Å²) in [6.07, 6.45) is 12.9. The highest BCUT2D eigenvalue weighted by molar-refractivity contribution is 6.03. The van der Waals surface area contributed by atoms with E-state index in [2.05, 4.69) is 37.9 Å². The Hall–Kier alpha value is -7.65. The Kier molecular flexibility index (Phi) is 13.4. The number of hydrogen-bond donors (Lipinski definition) is 3. The van der Waals surface area contributed by atoms with Crippen LogP contribution in [0.3, 0.4) is 0 Å². The van der Waals surface area contributed by atoms with E-state index in [1.54, 1.807) is 37.1 Å². The lowest BCUT2D eigenvalue weighted by Crippen LogP contribution is -2.48. The molecule has 0 radical (unpaired) electrons. The van der Waals surface area contributed by atoms with Crippen LogP contribution in [0.1, 0.15) is 88.3 Å². The van der Waals surface area contributed by atoms with Crippen LogP contribution in [0.2, 0.25) is 0 Å². The number of benzene rings is 3. The Morgan fingerprint density at radius 2 is 1.79 bits per heavy atom. The molecule has 0 saturated carbocycles. The summed E-state index contributed by atoms with van der Waals surface area (Å²) in [5.41, 5.74) is -0.217. The summed E-state index contributed by atoms with van der Waals surface area (Å²) in [4.78, 5) is 70.7. The molecule has 8 heterocycles. The van der Waals surface area contributed by atoms with Gasteiger partial charge in [0.2, 0.25) is 11.8 Å². The largest absolute Gasteiger partial charge is 0.508 e. The smallest absolute Gasteiger partial charge is 0.409 e. The monoisotopic (exact) mass is 1040 g/mol. The number of pyridine rings is 1. The number of hydrogen-bond acceptors (Lipinski definition) is 14. The quantitative estimate of drug-likeness (QED) is 0.109. The number of amides is 3. The number of likely N-dealkylation sites (tertiary alicyclic amines) is 1. The molecule has 5 aliphatic heterocycles. The first kappa shape index (κ1) is 50.5. The molecule has 1 unspecified atom stereocenters. The first-order chi connectivity index (χ1) is 36.6. The number of nitrogens with zero attached hydrogens (tertiary/aromatic N) is 8. The third-order valence-corrected chi connectivity index (χ3v) is 15.9. The van der Waals surface area contributed by atoms with E-state index >= 15 is 8.78 Å². The van der Waals surface area contributed by atoms with Crippen LogP contribution in [0.5, 0.6) is 11.8 Å². The first-order valence-electron chi connectivity index (χ1n) is 25.8. The molecule has 20 heteroatoms. The average molecular weight is 1040 g/mol. The van der Waals surface area contributed by atoms with Crippen LogP contribution < -0.4 is 20.6 Å². The molecule has 0 spiro atoms. The molecule has 76 heavy (non-hydrogen) atoms. The third kappa shape index (κ3) is 9.43. The van der Waals surface area contributed by atoms with Crippen LogP contribution in [0.15, 0.2) is 53.5 Å². The van der Waals surface area contributed by atoms with Crippen molar-refractivity contribution in [1.29, 1.82) is 0 Å². The minimum Gasteiger partial charge on any atom is -0.508 e. The predicted octanol–water partition coefficient (Wildman–Crippen LogP) is 5.84. The molecular weight excluding hydrogens is 981 g/mol. The van der Waals surface area contributed by atoms with Crippen LogP contribution in [0.25, 0.3) is 44.0 Å². The zero-order valence-electron chi connectivity index (χ0n) is 42.2. The van der Waals surface area contributed by atoms with Gasteiger partial charge >= 0.3 is 17.8 Å². The van der Waals surface area contributed by atoms with Crippen LogP contribution in [-0.2, 0) is 26.1 Å². The van der Waals surface area contributed by atoms with Gasteiger partial charge in [0.1, 0.15) is 54.5 Å². The lowest BCUT2D eigenvalue weighted by atomic mass is 9.94. The van der Waals surface area contributed by atoms with Gasteiger partial charge in [-0.15, -0.1) is 6.42 Å². The fourth-order valence-electron chi connectivity index (χ4n) is 12.1. The molecule has 6 aromatic rings. The highest BCUT2D eigenvalue weighted by Gasteiger charge is 2.50. The fraction of sp³-hybridized carbons (Fsp3) is 0.446. The molecule has 5 aliphatic rings. The van der Waals surface area contributed by atoms with Crippen molar-refractivity contribution >= 4 is 56.4 Å². The van der Waals surface area contributed by atoms with Gasteiger partial charge in [0.05, 0.1) is 39.2 Å². The number of imidazole rings is 1. The van der Waals surface area contributed by atoms with E-state index in [-0.39, 0.29) is 114 Å². The van der Waals surface area contributed by atoms with Crippen molar-refractivity contribution in [2.75, 3.05) is 57.4 Å². The Balaban J connectivity index is 0.722. The van der Waals surface area contributed by atoms with Crippen molar-refractivity contribution in [1.82, 2.24) is 39.2 Å². The number of carbonyl (C=O) groups excluding carboxylic acids is 3. The molecule has 0 aliphatic carbocycles. The maximum Gasteiger partial charge on any atom is 0.409 e. The average Bonchev–Trinajstić information content (AvgIpc) is 4.06. The van der Waals surface area contributed by atoms with Crippen molar-refractivity contribution in [2.45, 2.75) is 100 Å². The van der Waals surface area contributed by atoms with Crippen molar-refractivity contribution < 1.29 is 47.6 Å². The molecule has 3 N–H and O–H groups in total. The predicted molar refractivity (Wildman–Crippen MR) is 276 cm³/mol. The number of β-amino-alcohol motifs (C(OH)–C–C–N with tert-alkyl or cyclic N) is 1. The van der Waals surface area contributed by atoms with E-state index in [1.807, 2.05) is 4.90 Å². The standard InChI is InChI=1S/C56H57F2N9O9/c1-4-38-41(57)11-10-34-27-36(68)28-39(46(34)38)48-47(58)49-40(29-59-48)50(65-21-6-18-55(2,73)31-65)62-52(61-49)76-32-56-19-7-22-66(56)35(15-20-56)30-75-54(72)64-23-16-37(17-24-64)74-25-5-8-33-9-12-42-44(26-33)63(3)53(71)67(42)43-13-14-45(69)60-51(43)70/h1,9-12,26-29,35,37,43,68,73H,6-7,13-25,30-32H2,2-3H3,(H,60,69,70)/t35-,43?,55+,56-/m0/s1. The topological polar surface area (TPSA) is 207 Å². The molecule has 4 atom stereocenters. The van der Waals surface area contributed by atoms with Gasteiger partial charge in [-0.2, -0.15) is 9.97 Å². The summed E-state index contributed by atoms with van der Waals surface area (Å²) < 4.78 is 53.7. The summed E-state index contributed by atoms with van der Waals surface area (Å²) >= 11 is 0. The molecule has 3 amide bonds. The van der Waals surface area contributed by atoms with Gasteiger partial charge in [0.25, 0.3) is 0 Å². The molecule has 3 aromatic heterocycles. The zero-order chi connectivity index (χ0) is 53.0. The summed E-state index contributed by atoms with van der Waals surface area (Å²) in [6.45, 7) is 4.78. The number of imide groups is 1. The van der Waals surface area contributed by atoms with E-state index in [0.29, 0.717) is 73.1 Å². The van der Waals surface area contributed by atoms with Crippen LogP contribution >= 0.6 is 0 Å². The number of nitrogens with one attached hydrogen (secondary N) is 1. The fourth-order valence-corrected chi connectivity index (χ4v) is 12.1. The van der Waals surface area contributed by atoms with E-state index < -0.39 is 34.7 Å². The number of terminal acetylenes is 1. The maximum absolute atomic E-state index is 17.2. The van der Waals surface area contributed by atoms with Gasteiger partial charge in [-0.1, -0.05) is 23.8 Å². The summed E-state index contributed by atoms with van der Waals surface area (Å²) in [5.74, 6) is 6.33. The third-order valence-electron chi connectivity index (χ3n) is 15.9. The Morgan fingerprint density at radius 3 is 2.58 bits per heavy atom. The van der Waals surface area contributed by atoms with E-state index in [0.717, 1.165) is 32.2 Å². The van der Waals surface area contributed by atoms with Gasteiger partial charge < -0.3 is 34.2 Å². The number of phenols is 1. The van der Waals surface area contributed by atoms with Gasteiger partial charge in [0, 0.05) is 68.4 Å². The highest BCUT2D eigenvalue weighted by Crippen LogP contribution is 2.44. The minimum atomic E-state index is -1.03. The number of carbonyl (C=O) groups is 3. The second-order valence-corrected chi connectivity index (χ2v) is 21.0. The number of aliphatic hydroxyl groups is 1. The number of fused-ring (bicyclic) bond motifs is 4. The van der Waals surface area contributed by atoms with Gasteiger partial charge in [-0.3, -0.25) is 33.9 Å². The molecule has 394 valence electrons. The molecule has 5 fully saturated rings. The normalized spacial score (nSPS) is 23.2. The Morgan fingerprint density at radius 1 is 0.974 bits per heavy atom. The molecule has 5 saturated heterocycles. The van der Waals surface area contributed by atoms with E-state index in [4.69, 9.17) is 25.6 Å². The van der Waals surface area contributed by atoms with Crippen molar-refractivity contribution in [3.05, 3.63) is 81.9 Å². The van der Waals surface area contributed by atoms with Crippen molar-refractivity contribution in [2.24, 2.45) is 7.05 Å². The first-order valence-corrected chi connectivity index (χ1v) is 25.8. The SMILES string of the molecule is C#Cc1c(F)ccc2cc(O)cc(-c3ncc4c(N5CCC[C@@](C)(O)C5)nc(OC[C@@]56CCCN5[C@H](COC(=O)N5CCC(OCC#Cc7ccc8c(c7)n(C)c(=O)n8C7CCC(=O)NC7=O)CC5)CC6)nc4c3F)c12. The van der Waals surface area contributed by atoms with Crippen molar-refractivity contribution in [3.8, 4) is 47.2 Å². The number of aromatic nitrogens is 5. The summed E-state index contributed by atoms with van der Waals surface area (Å²) in [6, 6.07) is 9.83. The summed E-state index contributed by atoms with van der Waals surface area (Å²) in [7, 11) is 1.64. The van der Waals surface area contributed by atoms with E-state index in [9.17, 15) is 29.4 Å². The Bertz CT molecular complexity index is 3520. The van der Waals surface area contributed by atoms with Crippen molar-refractivity contribution in [3.63, 3.8) is 0 Å². The number of ether oxygens (including phenoxy) is 3. The number of halogens is 2. The lowest BCUT2D eigenvalue weighted by molar-refractivity contribution is -0.135. The minimum absolute atomic E-state index is 0.0464. The lowest BCUT2D eigenvalue weighted by Gasteiger charge is -2.38. The second kappa shape index (κ2) is 20.1. The number of aryl methyl sites for hydroxylation is 1. The van der Waals surface area contributed by atoms with Gasteiger partial charge in [-0.25, -0.2) is 18.4 Å². The molecule has 0 bridgehead atoms. The number of aromatic hydroxyl groups is 1. The van der Waals surface area contributed by atoms with Crippen LogP contribution in [0, 0.1) is 35.8 Å². The van der Waals surface area contributed by atoms with E-state index in [1.165, 1.54) is 39.6 Å². The number of phenolic OH excluding ortho intramolecular Hbond substituents is 1. The highest BCUT2D eigenvalue weighted by atomic mass is 19.1. The van der Waals surface area contributed by atoms with Crippen LogP contribution in [0.4, 0.5) is 19.4 Å². The maximum atomic E-state index is 17.2. The summed E-state index contributed by atoms with van der Waals surface area (Å²) in [5, 5.41) is 25.0. The molecule has 11 rings (SSSR count). The molecular formula is C56H57F2N9O9. The number of anilines is 1. The van der Waals surface area contributed by atoms with Gasteiger partial charge in [0.15, 0.2) is 5.82 Å². The zero-order valence-corrected chi connectivity index (χ0v) is 42.2. The molecule has 3 aromatic carbocycles. The molecule has 18 nitrogen and oxygen atoms in total. The number of rotatable bonds is 10. The van der Waals surface area contributed by atoms with Crippen LogP contribution in [-0.4, -0.2) is 138 Å². The Labute approximate surface area is 435 Å².